The molecule has 4 nitrogen and oxygen atoms in total. The van der Waals surface area contributed by atoms with Gasteiger partial charge in [-0.3, -0.25) is 4.79 Å². The maximum absolute atomic E-state index is 12.8. The molecular weight excluding hydrogens is 278 g/mol. The first kappa shape index (κ1) is 15.3. The number of morpholine rings is 1. The number of benzene rings is 1. The van der Waals surface area contributed by atoms with Crippen molar-refractivity contribution < 1.29 is 14.3 Å². The number of amides is 1. The van der Waals surface area contributed by atoms with Crippen molar-refractivity contribution in [3.8, 4) is 5.75 Å². The zero-order chi connectivity index (χ0) is 15.9. The molecule has 1 amide bonds. The van der Waals surface area contributed by atoms with Gasteiger partial charge in [0.1, 0.15) is 5.75 Å². The predicted molar refractivity (Wildman–Crippen MR) is 85.0 cm³/mol. The van der Waals surface area contributed by atoms with Crippen LogP contribution < -0.4 is 4.74 Å². The maximum Gasteiger partial charge on any atom is 0.226 e. The molecular formula is C18H25NO3. The van der Waals surface area contributed by atoms with Crippen LogP contribution in [0, 0.1) is 5.92 Å². The van der Waals surface area contributed by atoms with Gasteiger partial charge in [0.15, 0.2) is 0 Å². The van der Waals surface area contributed by atoms with Gasteiger partial charge in [0.2, 0.25) is 5.91 Å². The van der Waals surface area contributed by atoms with E-state index in [1.165, 1.54) is 0 Å². The molecule has 0 unspecified atom stereocenters. The van der Waals surface area contributed by atoms with Crippen molar-refractivity contribution >= 4 is 5.91 Å². The summed E-state index contributed by atoms with van der Waals surface area (Å²) in [5, 5.41) is 0. The molecule has 0 N–H and O–H groups in total. The van der Waals surface area contributed by atoms with Crippen molar-refractivity contribution in [3.63, 3.8) is 0 Å². The third-order valence-corrected chi connectivity index (χ3v) is 4.53. The smallest absolute Gasteiger partial charge is 0.226 e. The fourth-order valence-corrected chi connectivity index (χ4v) is 3.64. The Morgan fingerprint density at radius 2 is 2.09 bits per heavy atom. The van der Waals surface area contributed by atoms with Gasteiger partial charge in [-0.25, -0.2) is 0 Å². The summed E-state index contributed by atoms with van der Waals surface area (Å²) in [7, 11) is 1.68. The Morgan fingerprint density at radius 1 is 1.36 bits per heavy atom. The Kier molecular flexibility index (Phi) is 3.89. The molecule has 4 heteroatoms. The van der Waals surface area contributed by atoms with Gasteiger partial charge < -0.3 is 14.4 Å². The molecule has 1 saturated carbocycles. The zero-order valence-electron chi connectivity index (χ0n) is 13.8. The molecule has 1 aromatic rings. The Hall–Kier alpha value is -1.55. The number of hydrogen-bond acceptors (Lipinski definition) is 3. The number of ether oxygens (including phenoxy) is 2. The summed E-state index contributed by atoms with van der Waals surface area (Å²) in [5.41, 5.74) is 0.895. The van der Waals surface area contributed by atoms with E-state index in [1.54, 1.807) is 7.11 Å². The Bertz CT molecular complexity index is 569. The second-order valence-corrected chi connectivity index (χ2v) is 7.10. The molecule has 2 aliphatic rings. The fraction of sp³-hybridized carbons (Fsp3) is 0.611. The van der Waals surface area contributed by atoms with E-state index < -0.39 is 0 Å². The summed E-state index contributed by atoms with van der Waals surface area (Å²) in [6.45, 7) is 7.50. The van der Waals surface area contributed by atoms with E-state index in [2.05, 4.69) is 6.07 Å². The summed E-state index contributed by atoms with van der Waals surface area (Å²) in [6.07, 6.45) is 1.02. The first-order valence-corrected chi connectivity index (χ1v) is 8.01. The summed E-state index contributed by atoms with van der Waals surface area (Å²) < 4.78 is 11.3. The highest BCUT2D eigenvalue weighted by molar-refractivity contribution is 5.83. The number of nitrogens with zero attached hydrogens (tertiary/aromatic N) is 1. The number of carbonyl (C=O) groups is 1. The number of rotatable bonds is 3. The van der Waals surface area contributed by atoms with Crippen molar-refractivity contribution in [2.45, 2.75) is 44.8 Å². The molecule has 120 valence electrons. The normalized spacial score (nSPS) is 30.0. The average molecular weight is 303 g/mol. The topological polar surface area (TPSA) is 38.8 Å². The molecule has 2 fully saturated rings. The fourth-order valence-electron chi connectivity index (χ4n) is 3.64. The van der Waals surface area contributed by atoms with Gasteiger partial charge in [-0.15, -0.1) is 0 Å². The highest BCUT2D eigenvalue weighted by Crippen LogP contribution is 2.51. The van der Waals surface area contributed by atoms with Crippen LogP contribution in [0.4, 0.5) is 0 Å². The Labute approximate surface area is 132 Å². The van der Waals surface area contributed by atoms with Crippen LogP contribution in [0.25, 0.3) is 0 Å². The number of hydrogen-bond donors (Lipinski definition) is 0. The van der Waals surface area contributed by atoms with Gasteiger partial charge in [-0.05, 0) is 44.7 Å². The van der Waals surface area contributed by atoms with Crippen molar-refractivity contribution in [2.24, 2.45) is 5.92 Å². The lowest BCUT2D eigenvalue weighted by atomic mass is 10.0. The monoisotopic (exact) mass is 303 g/mol. The van der Waals surface area contributed by atoms with Crippen molar-refractivity contribution in [1.29, 1.82) is 0 Å². The van der Waals surface area contributed by atoms with Gasteiger partial charge in [0.25, 0.3) is 0 Å². The van der Waals surface area contributed by atoms with Crippen LogP contribution in [-0.4, -0.2) is 42.7 Å². The van der Waals surface area contributed by atoms with Gasteiger partial charge in [-0.1, -0.05) is 18.2 Å². The molecule has 1 heterocycles. The second kappa shape index (κ2) is 5.58. The van der Waals surface area contributed by atoms with Gasteiger partial charge >= 0.3 is 0 Å². The van der Waals surface area contributed by atoms with Crippen molar-refractivity contribution in [3.05, 3.63) is 29.8 Å². The first-order chi connectivity index (χ1) is 10.4. The molecule has 1 aromatic carbocycles. The van der Waals surface area contributed by atoms with Gasteiger partial charge in [0, 0.05) is 19.0 Å². The molecule has 0 bridgehead atoms. The molecule has 0 radical (unpaired) electrons. The third kappa shape index (κ3) is 2.98. The Balaban J connectivity index is 1.70. The zero-order valence-corrected chi connectivity index (χ0v) is 13.8. The van der Waals surface area contributed by atoms with Gasteiger partial charge in [-0.2, -0.15) is 0 Å². The lowest BCUT2D eigenvalue weighted by Gasteiger charge is -2.41. The Morgan fingerprint density at radius 3 is 2.77 bits per heavy atom. The van der Waals surface area contributed by atoms with E-state index in [0.717, 1.165) is 17.7 Å². The van der Waals surface area contributed by atoms with E-state index >= 15 is 0 Å². The van der Waals surface area contributed by atoms with E-state index in [4.69, 9.17) is 9.47 Å². The van der Waals surface area contributed by atoms with Crippen LogP contribution in [0.3, 0.4) is 0 Å². The molecule has 1 aliphatic heterocycles. The average Bonchev–Trinajstić information content (AvgIpc) is 3.24. The SMILES string of the molecule is COc1ccccc1[C@@H]1C[C@@H]1C(=O)N1C[C@@H](C)OC(C)(C)C1. The standard InChI is InChI=1S/C18H25NO3/c1-12-10-19(11-18(2,3)22-12)17(20)15-9-14(15)13-7-5-6-8-16(13)21-4/h5-8,12,14-15H,9-11H2,1-4H3/t12-,14+,15+/m1/s1. The predicted octanol–water partition coefficient (Wildman–Crippen LogP) is 2.82. The largest absolute Gasteiger partial charge is 0.496 e. The van der Waals surface area contributed by atoms with Crippen LogP contribution in [0.1, 0.15) is 38.7 Å². The molecule has 1 saturated heterocycles. The number of carbonyl (C=O) groups excluding carboxylic acids is 1. The van der Waals surface area contributed by atoms with Crippen LogP contribution in [0.5, 0.6) is 5.75 Å². The second-order valence-electron chi connectivity index (χ2n) is 7.10. The number of methoxy groups -OCH3 is 1. The molecule has 22 heavy (non-hydrogen) atoms. The van der Waals surface area contributed by atoms with Crippen molar-refractivity contribution in [2.75, 3.05) is 20.2 Å². The molecule has 1 aliphatic carbocycles. The van der Waals surface area contributed by atoms with E-state index in [0.29, 0.717) is 19.0 Å². The summed E-state index contributed by atoms with van der Waals surface area (Å²) >= 11 is 0. The molecule has 0 aromatic heterocycles. The lowest BCUT2D eigenvalue weighted by molar-refractivity contribution is -0.159. The highest BCUT2D eigenvalue weighted by atomic mass is 16.5. The third-order valence-electron chi connectivity index (χ3n) is 4.53. The minimum Gasteiger partial charge on any atom is -0.496 e. The maximum atomic E-state index is 12.8. The minimum atomic E-state index is -0.262. The van der Waals surface area contributed by atoms with Crippen LogP contribution in [-0.2, 0) is 9.53 Å². The minimum absolute atomic E-state index is 0.0937. The lowest BCUT2D eigenvalue weighted by Crippen LogP contribution is -2.54. The summed E-state index contributed by atoms with van der Waals surface area (Å²) in [4.78, 5) is 14.8. The van der Waals surface area contributed by atoms with E-state index in [1.807, 2.05) is 43.9 Å². The quantitative estimate of drug-likeness (QED) is 0.862. The van der Waals surface area contributed by atoms with Crippen molar-refractivity contribution in [1.82, 2.24) is 4.90 Å². The summed E-state index contributed by atoms with van der Waals surface area (Å²) in [5.74, 6) is 1.54. The molecule has 3 atom stereocenters. The summed E-state index contributed by atoms with van der Waals surface area (Å²) in [6, 6.07) is 8.02. The highest BCUT2D eigenvalue weighted by Gasteiger charge is 2.48. The van der Waals surface area contributed by atoms with Gasteiger partial charge in [0.05, 0.1) is 18.8 Å². The molecule has 3 rings (SSSR count). The van der Waals surface area contributed by atoms with Crippen LogP contribution in [0.15, 0.2) is 24.3 Å². The van der Waals surface area contributed by atoms with Crippen LogP contribution in [0.2, 0.25) is 0 Å². The van der Waals surface area contributed by atoms with E-state index in [-0.39, 0.29) is 23.5 Å². The van der Waals surface area contributed by atoms with E-state index in [9.17, 15) is 4.79 Å². The number of para-hydroxylation sites is 1. The van der Waals surface area contributed by atoms with Crippen LogP contribution >= 0.6 is 0 Å². The first-order valence-electron chi connectivity index (χ1n) is 8.01. The molecule has 0 spiro atoms.